The largest absolute Gasteiger partial charge is 0.368 e. The van der Waals surface area contributed by atoms with Crippen LogP contribution in [-0.4, -0.2) is 55.1 Å². The molecule has 1 saturated heterocycles. The highest BCUT2D eigenvalue weighted by Gasteiger charge is 2.25. The number of anilines is 1. The maximum absolute atomic E-state index is 11.6. The summed E-state index contributed by atoms with van der Waals surface area (Å²) in [5.74, 6) is 0. The summed E-state index contributed by atoms with van der Waals surface area (Å²) in [5, 5.41) is 11.8. The lowest BCUT2D eigenvalue weighted by Gasteiger charge is -2.35. The monoisotopic (exact) mass is 336 g/mol. The highest BCUT2D eigenvalue weighted by molar-refractivity contribution is 7.88. The first-order valence-electron chi connectivity index (χ1n) is 7.10. The lowest BCUT2D eigenvalue weighted by Crippen LogP contribution is -2.48. The maximum Gasteiger partial charge on any atom is 0.295 e. The van der Waals surface area contributed by atoms with E-state index < -0.39 is 14.9 Å². The Balaban J connectivity index is 1.96. The standard InChI is InChI=1S/C14H16N4O4S/c1-23(21,22)17-9-7-16(8-10-17)12-4-5-13(18(19)20)14-11(12)3-2-6-15-14/h2-6H,7-10H2,1H3. The molecule has 1 aliphatic heterocycles. The van der Waals surface area contributed by atoms with Gasteiger partial charge >= 0.3 is 0 Å². The van der Waals surface area contributed by atoms with Crippen molar-refractivity contribution in [2.45, 2.75) is 0 Å². The molecule has 0 aliphatic carbocycles. The summed E-state index contributed by atoms with van der Waals surface area (Å²) < 4.78 is 24.6. The molecule has 0 amide bonds. The van der Waals surface area contributed by atoms with Gasteiger partial charge < -0.3 is 4.90 Å². The molecule has 1 aromatic heterocycles. The SMILES string of the molecule is CS(=O)(=O)N1CCN(c2ccc([N+](=O)[O-])c3ncccc23)CC1. The van der Waals surface area contributed by atoms with E-state index in [0.717, 1.165) is 5.69 Å². The molecule has 1 aromatic carbocycles. The molecule has 0 bridgehead atoms. The van der Waals surface area contributed by atoms with Crippen molar-refractivity contribution in [2.75, 3.05) is 37.3 Å². The predicted octanol–water partition coefficient (Wildman–Crippen LogP) is 1.22. The zero-order valence-corrected chi connectivity index (χ0v) is 13.4. The van der Waals surface area contributed by atoms with E-state index >= 15 is 0 Å². The van der Waals surface area contributed by atoms with E-state index in [-0.39, 0.29) is 5.69 Å². The van der Waals surface area contributed by atoms with Gasteiger partial charge in [-0.15, -0.1) is 0 Å². The van der Waals surface area contributed by atoms with Gasteiger partial charge in [0, 0.05) is 49.5 Å². The fraction of sp³-hybridized carbons (Fsp3) is 0.357. The minimum Gasteiger partial charge on any atom is -0.368 e. The number of piperazine rings is 1. The van der Waals surface area contributed by atoms with Crippen LogP contribution >= 0.6 is 0 Å². The van der Waals surface area contributed by atoms with Gasteiger partial charge in [-0.3, -0.25) is 10.1 Å². The van der Waals surface area contributed by atoms with Crippen molar-refractivity contribution in [3.8, 4) is 0 Å². The lowest BCUT2D eigenvalue weighted by atomic mass is 10.1. The second-order valence-electron chi connectivity index (χ2n) is 5.41. The molecule has 1 fully saturated rings. The van der Waals surface area contributed by atoms with Crippen LogP contribution < -0.4 is 4.90 Å². The Morgan fingerprint density at radius 3 is 2.48 bits per heavy atom. The number of hydrogen-bond donors (Lipinski definition) is 0. The third-order valence-electron chi connectivity index (χ3n) is 3.97. The van der Waals surface area contributed by atoms with Gasteiger partial charge in [0.25, 0.3) is 5.69 Å². The van der Waals surface area contributed by atoms with Gasteiger partial charge in [0.15, 0.2) is 0 Å². The molecule has 0 spiro atoms. The Morgan fingerprint density at radius 1 is 1.17 bits per heavy atom. The quantitative estimate of drug-likeness (QED) is 0.618. The number of non-ortho nitro benzene ring substituents is 1. The van der Waals surface area contributed by atoms with E-state index in [1.165, 1.54) is 22.8 Å². The molecule has 0 atom stereocenters. The first kappa shape index (κ1) is 15.6. The van der Waals surface area contributed by atoms with Crippen molar-refractivity contribution in [2.24, 2.45) is 0 Å². The van der Waals surface area contributed by atoms with E-state index in [9.17, 15) is 18.5 Å². The fourth-order valence-electron chi connectivity index (χ4n) is 2.83. The molecular formula is C14H16N4O4S. The lowest BCUT2D eigenvalue weighted by molar-refractivity contribution is -0.383. The normalized spacial score (nSPS) is 16.7. The molecule has 0 saturated carbocycles. The Morgan fingerprint density at radius 2 is 1.87 bits per heavy atom. The predicted molar refractivity (Wildman–Crippen MR) is 87.0 cm³/mol. The van der Waals surface area contributed by atoms with Gasteiger partial charge in [0.05, 0.1) is 11.2 Å². The van der Waals surface area contributed by atoms with Crippen LogP contribution in [0.3, 0.4) is 0 Å². The summed E-state index contributed by atoms with van der Waals surface area (Å²) in [4.78, 5) is 16.9. The molecule has 0 N–H and O–H groups in total. The number of pyridine rings is 1. The fourth-order valence-corrected chi connectivity index (χ4v) is 3.65. The van der Waals surface area contributed by atoms with Gasteiger partial charge in [0.2, 0.25) is 10.0 Å². The average Bonchev–Trinajstić information content (AvgIpc) is 2.53. The minimum absolute atomic E-state index is 0.0286. The zero-order chi connectivity index (χ0) is 16.6. The van der Waals surface area contributed by atoms with Crippen LogP contribution in [0.1, 0.15) is 0 Å². The van der Waals surface area contributed by atoms with Crippen LogP contribution in [0, 0.1) is 10.1 Å². The van der Waals surface area contributed by atoms with E-state index in [0.29, 0.717) is 37.1 Å². The summed E-state index contributed by atoms with van der Waals surface area (Å²) in [5.41, 5.74) is 1.16. The van der Waals surface area contributed by atoms with Gasteiger partial charge in [-0.2, -0.15) is 4.31 Å². The van der Waals surface area contributed by atoms with Crippen molar-refractivity contribution in [3.63, 3.8) is 0 Å². The van der Waals surface area contributed by atoms with Crippen molar-refractivity contribution in [1.29, 1.82) is 0 Å². The number of rotatable bonds is 3. The molecule has 0 radical (unpaired) electrons. The number of sulfonamides is 1. The van der Waals surface area contributed by atoms with Crippen LogP contribution in [-0.2, 0) is 10.0 Å². The van der Waals surface area contributed by atoms with Crippen LogP contribution in [0.4, 0.5) is 11.4 Å². The van der Waals surface area contributed by atoms with Crippen molar-refractivity contribution in [1.82, 2.24) is 9.29 Å². The first-order chi connectivity index (χ1) is 10.9. The van der Waals surface area contributed by atoms with Crippen LogP contribution in [0.15, 0.2) is 30.5 Å². The van der Waals surface area contributed by atoms with Crippen molar-refractivity contribution >= 4 is 32.3 Å². The van der Waals surface area contributed by atoms with Crippen LogP contribution in [0.25, 0.3) is 10.9 Å². The zero-order valence-electron chi connectivity index (χ0n) is 12.5. The summed E-state index contributed by atoms with van der Waals surface area (Å²) in [7, 11) is -3.19. The summed E-state index contributed by atoms with van der Waals surface area (Å²) in [6, 6.07) is 6.70. The molecule has 9 heteroatoms. The Bertz CT molecular complexity index is 860. The van der Waals surface area contributed by atoms with Crippen LogP contribution in [0.2, 0.25) is 0 Å². The second-order valence-corrected chi connectivity index (χ2v) is 7.39. The molecule has 1 aliphatic rings. The van der Waals surface area contributed by atoms with E-state index in [1.54, 1.807) is 18.2 Å². The molecule has 2 aromatic rings. The number of nitrogens with zero attached hydrogens (tertiary/aromatic N) is 4. The maximum atomic E-state index is 11.6. The molecule has 2 heterocycles. The van der Waals surface area contributed by atoms with Crippen molar-refractivity contribution in [3.05, 3.63) is 40.6 Å². The number of hydrogen-bond acceptors (Lipinski definition) is 6. The third-order valence-corrected chi connectivity index (χ3v) is 5.27. The third kappa shape index (κ3) is 2.97. The smallest absolute Gasteiger partial charge is 0.295 e. The average molecular weight is 336 g/mol. The Kier molecular flexibility index (Phi) is 3.90. The topological polar surface area (TPSA) is 96.7 Å². The minimum atomic E-state index is -3.19. The van der Waals surface area contributed by atoms with Gasteiger partial charge in [0.1, 0.15) is 5.52 Å². The molecule has 3 rings (SSSR count). The number of benzene rings is 1. The Hall–Kier alpha value is -2.26. The van der Waals surface area contributed by atoms with Gasteiger partial charge in [-0.05, 0) is 18.2 Å². The molecule has 0 unspecified atom stereocenters. The van der Waals surface area contributed by atoms with Crippen LogP contribution in [0.5, 0.6) is 0 Å². The van der Waals surface area contributed by atoms with E-state index in [4.69, 9.17) is 0 Å². The summed E-state index contributed by atoms with van der Waals surface area (Å²) in [6.45, 7) is 1.87. The highest BCUT2D eigenvalue weighted by Crippen LogP contribution is 2.32. The number of nitro groups is 1. The van der Waals surface area contributed by atoms with Crippen molar-refractivity contribution < 1.29 is 13.3 Å². The number of nitro benzene ring substituents is 1. The number of aromatic nitrogens is 1. The van der Waals surface area contributed by atoms with Gasteiger partial charge in [-0.1, -0.05) is 0 Å². The van der Waals surface area contributed by atoms with Gasteiger partial charge in [-0.25, -0.2) is 13.4 Å². The second kappa shape index (κ2) is 5.74. The van der Waals surface area contributed by atoms with E-state index in [2.05, 4.69) is 4.98 Å². The van der Waals surface area contributed by atoms with E-state index in [1.807, 2.05) is 4.90 Å². The number of fused-ring (bicyclic) bond motifs is 1. The molecule has 8 nitrogen and oxygen atoms in total. The molecule has 23 heavy (non-hydrogen) atoms. The molecule has 122 valence electrons. The molecular weight excluding hydrogens is 320 g/mol. The highest BCUT2D eigenvalue weighted by atomic mass is 32.2. The summed E-state index contributed by atoms with van der Waals surface area (Å²) in [6.07, 6.45) is 2.73. The Labute approximate surface area is 133 Å². The first-order valence-corrected chi connectivity index (χ1v) is 8.95. The summed E-state index contributed by atoms with van der Waals surface area (Å²) >= 11 is 0.